The van der Waals surface area contributed by atoms with Crippen LogP contribution in [0.3, 0.4) is 0 Å². The molecule has 0 radical (unpaired) electrons. The van der Waals surface area contributed by atoms with Crippen LogP contribution in [0.5, 0.6) is 0 Å². The average Bonchev–Trinajstić information content (AvgIpc) is 3.32. The fourth-order valence-electron chi connectivity index (χ4n) is 4.93. The van der Waals surface area contributed by atoms with Crippen LogP contribution in [0.2, 0.25) is 0 Å². The van der Waals surface area contributed by atoms with Gasteiger partial charge in [-0.25, -0.2) is 10.1 Å². The summed E-state index contributed by atoms with van der Waals surface area (Å²) < 4.78 is 5.98. The van der Waals surface area contributed by atoms with E-state index in [4.69, 9.17) is 10.00 Å². The number of carbonyl (C=O) groups excluding carboxylic acids is 1. The first kappa shape index (κ1) is 25.2. The summed E-state index contributed by atoms with van der Waals surface area (Å²) >= 11 is 0. The highest BCUT2D eigenvalue weighted by atomic mass is 16.5. The normalized spacial score (nSPS) is 17.1. The van der Waals surface area contributed by atoms with Gasteiger partial charge in [0.25, 0.3) is 5.56 Å². The number of aromatic nitrogens is 3. The number of amides is 1. The minimum Gasteiger partial charge on any atom is -0.375 e. The smallest absolute Gasteiger partial charge is 0.269 e. The number of H-pyrrole nitrogens is 1. The Labute approximate surface area is 220 Å². The molecule has 38 heavy (non-hydrogen) atoms. The Morgan fingerprint density at radius 1 is 1.18 bits per heavy atom. The minimum absolute atomic E-state index is 0.0425. The number of hydrogen-bond acceptors (Lipinski definition) is 8. The zero-order chi connectivity index (χ0) is 26.5. The molecule has 1 aromatic carbocycles. The molecule has 194 valence electrons. The van der Waals surface area contributed by atoms with E-state index in [-0.39, 0.29) is 17.5 Å². The van der Waals surface area contributed by atoms with E-state index in [9.17, 15) is 9.59 Å². The molecular formula is C28H29N7O3. The standard InChI is InChI=1S/C28H29N7O3/c1-20-24(17-31-32-28(20)37)35-18-22-5-2-3-6-23(22)25(35)19-38-14-4-7-27(36)34-12-10-33(11-13-34)26-9-8-21(15-29)16-30-26/h2-9,16-17,25H,10-14,18-19H2,1H3,(H,32,37)/b7-4-/t25-/m0/s1. The fourth-order valence-corrected chi connectivity index (χ4v) is 4.93. The number of fused-ring (bicyclic) bond motifs is 1. The van der Waals surface area contributed by atoms with Gasteiger partial charge in [0, 0.05) is 50.6 Å². The van der Waals surface area contributed by atoms with E-state index in [0.717, 1.165) is 11.5 Å². The van der Waals surface area contributed by atoms with Crippen molar-refractivity contribution in [3.8, 4) is 6.07 Å². The van der Waals surface area contributed by atoms with Crippen molar-refractivity contribution in [1.29, 1.82) is 5.26 Å². The number of nitriles is 1. The molecule has 1 atom stereocenters. The Morgan fingerprint density at radius 3 is 2.76 bits per heavy atom. The summed E-state index contributed by atoms with van der Waals surface area (Å²) in [4.78, 5) is 35.2. The highest BCUT2D eigenvalue weighted by molar-refractivity contribution is 5.87. The summed E-state index contributed by atoms with van der Waals surface area (Å²) in [5.41, 5.74) is 4.11. The number of carbonyl (C=O) groups is 1. The molecule has 5 rings (SSSR count). The van der Waals surface area contributed by atoms with Crippen molar-refractivity contribution < 1.29 is 9.53 Å². The number of aromatic amines is 1. The molecule has 2 aliphatic heterocycles. The van der Waals surface area contributed by atoms with Crippen LogP contribution in [-0.2, 0) is 16.1 Å². The maximum atomic E-state index is 12.7. The highest BCUT2D eigenvalue weighted by Crippen LogP contribution is 2.37. The molecule has 1 fully saturated rings. The van der Waals surface area contributed by atoms with Gasteiger partial charge < -0.3 is 19.4 Å². The van der Waals surface area contributed by atoms with Crippen LogP contribution in [0.15, 0.2) is 65.7 Å². The number of ether oxygens (including phenoxy) is 1. The first-order valence-corrected chi connectivity index (χ1v) is 12.6. The Kier molecular flexibility index (Phi) is 7.47. The summed E-state index contributed by atoms with van der Waals surface area (Å²) in [5.74, 6) is 0.771. The molecule has 0 unspecified atom stereocenters. The second-order valence-electron chi connectivity index (χ2n) is 9.32. The zero-order valence-corrected chi connectivity index (χ0v) is 21.2. The lowest BCUT2D eigenvalue weighted by Crippen LogP contribution is -2.48. The first-order chi connectivity index (χ1) is 18.5. The number of anilines is 2. The monoisotopic (exact) mass is 511 g/mol. The van der Waals surface area contributed by atoms with Crippen LogP contribution in [0, 0.1) is 18.3 Å². The molecule has 2 aliphatic rings. The summed E-state index contributed by atoms with van der Waals surface area (Å²) in [5, 5.41) is 15.4. The SMILES string of the molecule is Cc1c(N2Cc3ccccc3[C@@H]2COC/C=C\C(=O)N2CCN(c3ccc(C#N)cn3)CC2)cn[nH]c1=O. The van der Waals surface area contributed by atoms with Gasteiger partial charge in [-0.15, -0.1) is 0 Å². The minimum atomic E-state index is -0.200. The maximum Gasteiger partial charge on any atom is 0.269 e. The quantitative estimate of drug-likeness (QED) is 0.379. The van der Waals surface area contributed by atoms with Gasteiger partial charge in [0.05, 0.1) is 36.7 Å². The van der Waals surface area contributed by atoms with Gasteiger partial charge in [-0.1, -0.05) is 30.3 Å². The van der Waals surface area contributed by atoms with Gasteiger partial charge in [0.2, 0.25) is 5.91 Å². The van der Waals surface area contributed by atoms with Crippen LogP contribution in [0.4, 0.5) is 11.5 Å². The fraction of sp³-hybridized carbons (Fsp3) is 0.321. The predicted octanol–water partition coefficient (Wildman–Crippen LogP) is 2.33. The number of piperazine rings is 1. The molecule has 0 aliphatic carbocycles. The van der Waals surface area contributed by atoms with Gasteiger partial charge in [-0.05, 0) is 30.2 Å². The van der Waals surface area contributed by atoms with Gasteiger partial charge in [-0.2, -0.15) is 10.4 Å². The largest absolute Gasteiger partial charge is 0.375 e. The molecule has 1 N–H and O–H groups in total. The van der Waals surface area contributed by atoms with Crippen molar-refractivity contribution in [3.05, 3.63) is 93.6 Å². The van der Waals surface area contributed by atoms with Crippen molar-refractivity contribution >= 4 is 17.4 Å². The van der Waals surface area contributed by atoms with Crippen molar-refractivity contribution in [2.45, 2.75) is 19.5 Å². The summed E-state index contributed by atoms with van der Waals surface area (Å²) in [6, 6.07) is 13.8. The van der Waals surface area contributed by atoms with Crippen molar-refractivity contribution in [2.75, 3.05) is 49.2 Å². The Hall–Kier alpha value is -4.49. The van der Waals surface area contributed by atoms with Crippen LogP contribution < -0.4 is 15.4 Å². The van der Waals surface area contributed by atoms with Crippen molar-refractivity contribution in [1.82, 2.24) is 20.1 Å². The van der Waals surface area contributed by atoms with E-state index in [1.165, 1.54) is 11.1 Å². The van der Waals surface area contributed by atoms with E-state index < -0.39 is 0 Å². The van der Waals surface area contributed by atoms with Gasteiger partial charge in [-0.3, -0.25) is 9.59 Å². The topological polar surface area (TPSA) is 118 Å². The zero-order valence-electron chi connectivity index (χ0n) is 21.2. The molecule has 2 aromatic heterocycles. The molecule has 0 spiro atoms. The number of nitrogens with zero attached hydrogens (tertiary/aromatic N) is 6. The van der Waals surface area contributed by atoms with E-state index in [1.54, 1.807) is 37.5 Å². The average molecular weight is 512 g/mol. The lowest BCUT2D eigenvalue weighted by Gasteiger charge is -2.34. The maximum absolute atomic E-state index is 12.7. The van der Waals surface area contributed by atoms with Crippen LogP contribution in [-0.4, -0.2) is 65.4 Å². The predicted molar refractivity (Wildman–Crippen MR) is 143 cm³/mol. The Morgan fingerprint density at radius 2 is 2.00 bits per heavy atom. The first-order valence-electron chi connectivity index (χ1n) is 12.6. The molecule has 1 saturated heterocycles. The van der Waals surface area contributed by atoms with Crippen LogP contribution in [0.1, 0.15) is 28.3 Å². The molecule has 1 amide bonds. The molecule has 4 heterocycles. The third kappa shape index (κ3) is 5.28. The molecule has 0 saturated carbocycles. The molecule has 10 nitrogen and oxygen atoms in total. The Bertz CT molecular complexity index is 1420. The van der Waals surface area contributed by atoms with Crippen molar-refractivity contribution in [2.24, 2.45) is 0 Å². The number of nitrogens with one attached hydrogen (secondary N) is 1. The van der Waals surface area contributed by atoms with Crippen LogP contribution in [0.25, 0.3) is 0 Å². The molecule has 3 aromatic rings. The molecule has 0 bridgehead atoms. The number of rotatable bonds is 7. The number of hydrogen-bond donors (Lipinski definition) is 1. The van der Waals surface area contributed by atoms with E-state index in [0.29, 0.717) is 57.1 Å². The number of benzene rings is 1. The van der Waals surface area contributed by atoms with E-state index in [2.05, 4.69) is 43.2 Å². The summed E-state index contributed by atoms with van der Waals surface area (Å²) in [6.07, 6.45) is 6.57. The van der Waals surface area contributed by atoms with Crippen molar-refractivity contribution in [3.63, 3.8) is 0 Å². The van der Waals surface area contributed by atoms with Gasteiger partial charge in [0.1, 0.15) is 11.9 Å². The lowest BCUT2D eigenvalue weighted by molar-refractivity contribution is -0.126. The molecule has 10 heteroatoms. The second kappa shape index (κ2) is 11.3. The van der Waals surface area contributed by atoms with Gasteiger partial charge in [0.15, 0.2) is 0 Å². The highest BCUT2D eigenvalue weighted by Gasteiger charge is 2.31. The van der Waals surface area contributed by atoms with E-state index >= 15 is 0 Å². The Balaban J connectivity index is 1.14. The van der Waals surface area contributed by atoms with Crippen LogP contribution >= 0.6 is 0 Å². The third-order valence-electron chi connectivity index (χ3n) is 7.06. The number of pyridine rings is 1. The summed E-state index contributed by atoms with van der Waals surface area (Å²) in [6.45, 7) is 5.76. The summed E-state index contributed by atoms with van der Waals surface area (Å²) in [7, 11) is 0. The van der Waals surface area contributed by atoms with E-state index in [1.807, 2.05) is 23.1 Å². The third-order valence-corrected chi connectivity index (χ3v) is 7.06. The van der Waals surface area contributed by atoms with Gasteiger partial charge >= 0.3 is 0 Å². The second-order valence-corrected chi connectivity index (χ2v) is 9.32. The lowest BCUT2D eigenvalue weighted by atomic mass is 10.1. The molecular weight excluding hydrogens is 482 g/mol.